The maximum absolute atomic E-state index is 6.43. The van der Waals surface area contributed by atoms with Gasteiger partial charge in [-0.1, -0.05) is 182 Å². The van der Waals surface area contributed by atoms with E-state index in [1.807, 2.05) is 6.07 Å². The maximum atomic E-state index is 6.43. The Kier molecular flexibility index (Phi) is 8.90. The van der Waals surface area contributed by atoms with E-state index >= 15 is 0 Å². The standard InChI is InChI=1S/C66H42N2O/c1-2-19-52-50(17-1)51-18-3-4-20-53(51)60-42-49(39-40-54(52)60)67(61-26-9-7-23-57(61)58-25-14-30-65-66(58)59-24-8-12-29-64(59)69-65)47-35-31-43(32-36-47)45-15-13-16-46(41-45)44-33-37-48(38-34-44)68-62-27-10-5-21-55(62)56-22-6-11-28-63(56)68/h1-42H. The van der Waals surface area contributed by atoms with Crippen molar-refractivity contribution in [3.8, 4) is 39.1 Å². The molecule has 322 valence electrons. The fraction of sp³-hybridized carbons (Fsp3) is 0. The summed E-state index contributed by atoms with van der Waals surface area (Å²) in [4.78, 5) is 2.43. The molecule has 14 aromatic rings. The van der Waals surface area contributed by atoms with Crippen molar-refractivity contribution in [1.82, 2.24) is 4.57 Å². The van der Waals surface area contributed by atoms with E-state index < -0.39 is 0 Å². The number of furan rings is 1. The highest BCUT2D eigenvalue weighted by molar-refractivity contribution is 6.26. The summed E-state index contributed by atoms with van der Waals surface area (Å²) in [7, 11) is 0. The van der Waals surface area contributed by atoms with Gasteiger partial charge in [0.15, 0.2) is 0 Å². The summed E-state index contributed by atoms with van der Waals surface area (Å²) >= 11 is 0. The molecule has 0 fully saturated rings. The van der Waals surface area contributed by atoms with Crippen molar-refractivity contribution in [2.24, 2.45) is 0 Å². The maximum Gasteiger partial charge on any atom is 0.136 e. The molecule has 0 saturated heterocycles. The lowest BCUT2D eigenvalue weighted by Crippen LogP contribution is -2.11. The Bertz CT molecular complexity index is 4220. The predicted octanol–water partition coefficient (Wildman–Crippen LogP) is 18.6. The quantitative estimate of drug-likeness (QED) is 0.149. The van der Waals surface area contributed by atoms with Crippen molar-refractivity contribution in [3.63, 3.8) is 0 Å². The van der Waals surface area contributed by atoms with Crippen molar-refractivity contribution in [1.29, 1.82) is 0 Å². The van der Waals surface area contributed by atoms with E-state index in [0.717, 1.165) is 61.4 Å². The zero-order valence-corrected chi connectivity index (χ0v) is 37.6. The molecule has 14 rings (SSSR count). The molecular formula is C66H42N2O. The molecule has 2 heterocycles. The first-order chi connectivity index (χ1) is 34.2. The number of fused-ring (bicyclic) bond motifs is 12. The number of para-hydroxylation sites is 4. The molecule has 3 nitrogen and oxygen atoms in total. The van der Waals surface area contributed by atoms with Crippen LogP contribution in [0.5, 0.6) is 0 Å². The Morgan fingerprint density at radius 3 is 1.43 bits per heavy atom. The van der Waals surface area contributed by atoms with E-state index in [2.05, 4.69) is 258 Å². The molecule has 0 aliphatic rings. The normalized spacial score (nSPS) is 11.8. The summed E-state index contributed by atoms with van der Waals surface area (Å²) in [5.74, 6) is 0. The Morgan fingerprint density at radius 2 is 0.768 bits per heavy atom. The van der Waals surface area contributed by atoms with Gasteiger partial charge in [0.1, 0.15) is 11.2 Å². The molecule has 0 bridgehead atoms. The summed E-state index contributed by atoms with van der Waals surface area (Å²) in [5, 5.41) is 12.3. The van der Waals surface area contributed by atoms with Crippen LogP contribution in [0, 0.1) is 0 Å². The number of rotatable bonds is 7. The molecular weight excluding hydrogens is 837 g/mol. The molecule has 0 aliphatic carbocycles. The highest BCUT2D eigenvalue weighted by Crippen LogP contribution is 2.47. The summed E-state index contributed by atoms with van der Waals surface area (Å²) < 4.78 is 8.81. The monoisotopic (exact) mass is 878 g/mol. The third kappa shape index (κ3) is 6.29. The van der Waals surface area contributed by atoms with Crippen LogP contribution in [0.2, 0.25) is 0 Å². The van der Waals surface area contributed by atoms with Gasteiger partial charge in [-0.05, 0) is 133 Å². The van der Waals surface area contributed by atoms with Crippen molar-refractivity contribution in [3.05, 3.63) is 255 Å². The predicted molar refractivity (Wildman–Crippen MR) is 292 cm³/mol. The SMILES string of the molecule is c1cc(-c2ccc(N(c3ccc4c5ccccc5c5ccccc5c4c3)c3ccccc3-c3cccc4oc5ccccc5c34)cc2)cc(-c2ccc(-n3c4ccccc4c4ccccc43)cc2)c1. The molecule has 0 unspecified atom stereocenters. The van der Waals surface area contributed by atoms with Gasteiger partial charge in [0, 0.05) is 44.2 Å². The molecule has 2 aromatic heterocycles. The number of aromatic nitrogens is 1. The molecule has 0 N–H and O–H groups in total. The van der Waals surface area contributed by atoms with Crippen LogP contribution in [0.4, 0.5) is 17.1 Å². The minimum absolute atomic E-state index is 0.879. The second-order valence-corrected chi connectivity index (χ2v) is 18.0. The van der Waals surface area contributed by atoms with Crippen LogP contribution in [0.3, 0.4) is 0 Å². The summed E-state index contributed by atoms with van der Waals surface area (Å²) in [6.45, 7) is 0. The van der Waals surface area contributed by atoms with E-state index in [9.17, 15) is 0 Å². The third-order valence-electron chi connectivity index (χ3n) is 14.2. The van der Waals surface area contributed by atoms with Gasteiger partial charge in [-0.15, -0.1) is 0 Å². The first-order valence-electron chi connectivity index (χ1n) is 23.7. The number of hydrogen-bond donors (Lipinski definition) is 0. The van der Waals surface area contributed by atoms with Crippen LogP contribution in [-0.4, -0.2) is 4.57 Å². The fourth-order valence-corrected chi connectivity index (χ4v) is 11.0. The van der Waals surface area contributed by atoms with E-state index in [1.165, 1.54) is 70.8 Å². The molecule has 69 heavy (non-hydrogen) atoms. The molecule has 0 amide bonds. The van der Waals surface area contributed by atoms with Gasteiger partial charge in [-0.25, -0.2) is 0 Å². The zero-order valence-electron chi connectivity index (χ0n) is 37.6. The van der Waals surface area contributed by atoms with E-state index in [4.69, 9.17) is 4.42 Å². The highest BCUT2D eigenvalue weighted by Gasteiger charge is 2.22. The van der Waals surface area contributed by atoms with Gasteiger partial charge in [-0.3, -0.25) is 0 Å². The zero-order chi connectivity index (χ0) is 45.4. The highest BCUT2D eigenvalue weighted by atomic mass is 16.3. The Labute approximate surface area is 399 Å². The summed E-state index contributed by atoms with van der Waals surface area (Å²) in [5.41, 5.74) is 15.5. The van der Waals surface area contributed by atoms with Crippen LogP contribution < -0.4 is 4.90 Å². The average molecular weight is 879 g/mol. The topological polar surface area (TPSA) is 21.3 Å². The van der Waals surface area contributed by atoms with Crippen molar-refractivity contribution in [2.75, 3.05) is 4.90 Å². The van der Waals surface area contributed by atoms with E-state index in [1.54, 1.807) is 0 Å². The van der Waals surface area contributed by atoms with E-state index in [-0.39, 0.29) is 0 Å². The van der Waals surface area contributed by atoms with Crippen LogP contribution in [0.25, 0.3) is 115 Å². The van der Waals surface area contributed by atoms with Gasteiger partial charge in [0.25, 0.3) is 0 Å². The van der Waals surface area contributed by atoms with Crippen molar-refractivity contribution in [2.45, 2.75) is 0 Å². The Hall–Kier alpha value is -9.18. The van der Waals surface area contributed by atoms with Gasteiger partial charge in [0.05, 0.1) is 16.7 Å². The number of hydrogen-bond acceptors (Lipinski definition) is 2. The molecule has 0 radical (unpaired) electrons. The van der Waals surface area contributed by atoms with Crippen LogP contribution >= 0.6 is 0 Å². The molecule has 3 heteroatoms. The van der Waals surface area contributed by atoms with Crippen LogP contribution in [-0.2, 0) is 0 Å². The van der Waals surface area contributed by atoms with Crippen molar-refractivity contribution >= 4 is 93.1 Å². The minimum atomic E-state index is 0.879. The lowest BCUT2D eigenvalue weighted by molar-refractivity contribution is 0.669. The van der Waals surface area contributed by atoms with Gasteiger partial charge < -0.3 is 13.9 Å². The first kappa shape index (κ1) is 39.0. The minimum Gasteiger partial charge on any atom is -0.456 e. The molecule has 0 spiro atoms. The first-order valence-corrected chi connectivity index (χ1v) is 23.7. The smallest absolute Gasteiger partial charge is 0.136 e. The van der Waals surface area contributed by atoms with Gasteiger partial charge in [0.2, 0.25) is 0 Å². The molecule has 0 saturated carbocycles. The number of nitrogens with zero attached hydrogens (tertiary/aromatic N) is 2. The molecule has 0 atom stereocenters. The third-order valence-corrected chi connectivity index (χ3v) is 14.2. The fourth-order valence-electron chi connectivity index (χ4n) is 11.0. The number of benzene rings is 12. The Morgan fingerprint density at radius 1 is 0.290 bits per heavy atom. The largest absolute Gasteiger partial charge is 0.456 e. The molecule has 12 aromatic carbocycles. The van der Waals surface area contributed by atoms with Crippen molar-refractivity contribution < 1.29 is 4.42 Å². The van der Waals surface area contributed by atoms with Crippen LogP contribution in [0.1, 0.15) is 0 Å². The van der Waals surface area contributed by atoms with Gasteiger partial charge in [-0.2, -0.15) is 0 Å². The summed E-state index contributed by atoms with van der Waals surface area (Å²) in [6.07, 6.45) is 0. The van der Waals surface area contributed by atoms with Gasteiger partial charge >= 0.3 is 0 Å². The lowest BCUT2D eigenvalue weighted by atomic mass is 9.93. The second-order valence-electron chi connectivity index (χ2n) is 18.0. The lowest BCUT2D eigenvalue weighted by Gasteiger charge is -2.29. The Balaban J connectivity index is 0.888. The number of anilines is 3. The van der Waals surface area contributed by atoms with Crippen LogP contribution in [0.15, 0.2) is 259 Å². The second kappa shape index (κ2) is 15.7. The summed E-state index contributed by atoms with van der Waals surface area (Å²) in [6, 6.07) is 92.5. The average Bonchev–Trinajstić information content (AvgIpc) is 3.98. The van der Waals surface area contributed by atoms with E-state index in [0.29, 0.717) is 0 Å². The molecule has 0 aliphatic heterocycles.